The largest absolute Gasteiger partial charge is 0.489 e. The number of imide groups is 2. The van der Waals surface area contributed by atoms with Gasteiger partial charge in [0.25, 0.3) is 5.91 Å². The van der Waals surface area contributed by atoms with Crippen LogP contribution in [0.5, 0.6) is 5.75 Å². The molecule has 5 rings (SSSR count). The normalized spacial score (nSPS) is 19.5. The van der Waals surface area contributed by atoms with Crippen LogP contribution in [0.1, 0.15) is 22.6 Å². The first kappa shape index (κ1) is 25.2. The van der Waals surface area contributed by atoms with Crippen molar-refractivity contribution < 1.29 is 23.9 Å². The van der Waals surface area contributed by atoms with E-state index in [1.54, 1.807) is 30.3 Å². The van der Waals surface area contributed by atoms with E-state index in [1.165, 1.54) is 18.5 Å². The number of carbonyl (C=O) groups is 4. The molecule has 3 heterocycles. The number of benzene rings is 2. The molecule has 2 N–H and O–H groups in total. The van der Waals surface area contributed by atoms with Gasteiger partial charge in [0.05, 0.1) is 23.7 Å². The smallest absolute Gasteiger partial charge is 0.321 e. The number of pyridine rings is 1. The number of hydrogen-bond acceptors (Lipinski definition) is 6. The zero-order valence-electron chi connectivity index (χ0n) is 20.3. The number of aromatic nitrogens is 1. The van der Waals surface area contributed by atoms with E-state index in [0.29, 0.717) is 22.9 Å². The van der Waals surface area contributed by atoms with Crippen LogP contribution in [-0.4, -0.2) is 35.3 Å². The van der Waals surface area contributed by atoms with E-state index in [1.807, 2.05) is 31.2 Å². The standard InChI is InChI=1S/C28H23ClN4O5/c1-16-4-2-5-17(8-16)15-38-21-10-18(9-19(29)11-21)22-12-23(24-14-31-28(37)32-25(24)34)27(36)33(26(22)35)20-6-3-7-30-13-20/h2-13,22,24H,14-15H2,1H3,(H2,31,32,34,37). The number of halogens is 1. The van der Waals surface area contributed by atoms with Gasteiger partial charge in [-0.05, 0) is 48.4 Å². The van der Waals surface area contributed by atoms with Gasteiger partial charge in [-0.3, -0.25) is 24.7 Å². The number of amides is 5. The highest BCUT2D eigenvalue weighted by atomic mass is 35.5. The van der Waals surface area contributed by atoms with Crippen LogP contribution >= 0.6 is 11.6 Å². The summed E-state index contributed by atoms with van der Waals surface area (Å²) in [6, 6.07) is 15.4. The maximum atomic E-state index is 13.7. The van der Waals surface area contributed by atoms with Crippen LogP contribution in [-0.2, 0) is 21.0 Å². The Bertz CT molecular complexity index is 1470. The van der Waals surface area contributed by atoms with E-state index in [-0.39, 0.29) is 17.8 Å². The zero-order chi connectivity index (χ0) is 26.8. The van der Waals surface area contributed by atoms with Crippen molar-refractivity contribution in [1.29, 1.82) is 0 Å². The molecule has 10 heteroatoms. The van der Waals surface area contributed by atoms with Crippen molar-refractivity contribution in [3.63, 3.8) is 0 Å². The number of rotatable bonds is 6. The van der Waals surface area contributed by atoms with Gasteiger partial charge < -0.3 is 10.1 Å². The number of ether oxygens (including phenoxy) is 1. The molecule has 0 saturated carbocycles. The lowest BCUT2D eigenvalue weighted by atomic mass is 9.85. The molecule has 5 amide bonds. The summed E-state index contributed by atoms with van der Waals surface area (Å²) in [6.45, 7) is 2.21. The van der Waals surface area contributed by atoms with Gasteiger partial charge in [0.15, 0.2) is 0 Å². The molecule has 1 saturated heterocycles. The quantitative estimate of drug-likeness (QED) is 0.470. The van der Waals surface area contributed by atoms with E-state index in [2.05, 4.69) is 15.6 Å². The van der Waals surface area contributed by atoms with E-state index < -0.39 is 35.6 Å². The number of aryl methyl sites for hydroxylation is 1. The highest BCUT2D eigenvalue weighted by Crippen LogP contribution is 2.36. The fraction of sp³-hybridized carbons (Fsp3) is 0.179. The van der Waals surface area contributed by atoms with Crippen molar-refractivity contribution in [1.82, 2.24) is 15.6 Å². The van der Waals surface area contributed by atoms with Crippen LogP contribution in [0.2, 0.25) is 5.02 Å². The number of nitrogens with zero attached hydrogens (tertiary/aromatic N) is 2. The molecule has 2 atom stereocenters. The Hall–Kier alpha value is -4.50. The van der Waals surface area contributed by atoms with Crippen molar-refractivity contribution in [3.8, 4) is 5.75 Å². The minimum atomic E-state index is -0.980. The van der Waals surface area contributed by atoms with Gasteiger partial charge in [0, 0.05) is 23.3 Å². The second-order valence-corrected chi connectivity index (χ2v) is 9.48. The molecule has 38 heavy (non-hydrogen) atoms. The summed E-state index contributed by atoms with van der Waals surface area (Å²) in [5.74, 6) is -3.29. The predicted octanol–water partition coefficient (Wildman–Crippen LogP) is 3.66. The fourth-order valence-electron chi connectivity index (χ4n) is 4.52. The van der Waals surface area contributed by atoms with Crippen LogP contribution in [0.3, 0.4) is 0 Å². The molecule has 2 aliphatic heterocycles. The molecule has 1 aromatic heterocycles. The van der Waals surface area contributed by atoms with Crippen molar-refractivity contribution in [2.24, 2.45) is 5.92 Å². The fourth-order valence-corrected chi connectivity index (χ4v) is 4.76. The van der Waals surface area contributed by atoms with Crippen molar-refractivity contribution in [3.05, 3.63) is 100 Å². The molecule has 2 aromatic carbocycles. The summed E-state index contributed by atoms with van der Waals surface area (Å²) in [4.78, 5) is 56.5. The Kier molecular flexibility index (Phi) is 6.93. The minimum absolute atomic E-state index is 0.0789. The lowest BCUT2D eigenvalue weighted by molar-refractivity contribution is -0.129. The van der Waals surface area contributed by atoms with Crippen molar-refractivity contribution in [2.75, 3.05) is 11.4 Å². The third-order valence-electron chi connectivity index (χ3n) is 6.32. The summed E-state index contributed by atoms with van der Waals surface area (Å²) in [6.07, 6.45) is 4.39. The van der Waals surface area contributed by atoms with Gasteiger partial charge in [-0.2, -0.15) is 0 Å². The molecular formula is C28H23ClN4O5. The SMILES string of the molecule is Cc1cccc(COc2cc(Cl)cc(C3C=C(C4CNC(=O)NC4=O)C(=O)N(c4cccnc4)C3=O)c2)c1. The van der Waals surface area contributed by atoms with Gasteiger partial charge in [0.1, 0.15) is 12.4 Å². The molecule has 0 aliphatic carbocycles. The molecule has 2 unspecified atom stereocenters. The summed E-state index contributed by atoms with van der Waals surface area (Å²) in [7, 11) is 0. The highest BCUT2D eigenvalue weighted by molar-refractivity contribution is 6.31. The molecule has 0 bridgehead atoms. The molecule has 0 radical (unpaired) electrons. The average Bonchev–Trinajstić information content (AvgIpc) is 2.89. The maximum absolute atomic E-state index is 13.7. The van der Waals surface area contributed by atoms with Gasteiger partial charge in [-0.15, -0.1) is 0 Å². The Morgan fingerprint density at radius 1 is 1.08 bits per heavy atom. The molecule has 3 aromatic rings. The highest BCUT2D eigenvalue weighted by Gasteiger charge is 2.43. The zero-order valence-corrected chi connectivity index (χ0v) is 21.1. The van der Waals surface area contributed by atoms with Crippen LogP contribution < -0.4 is 20.3 Å². The van der Waals surface area contributed by atoms with Gasteiger partial charge >= 0.3 is 6.03 Å². The Labute approximate surface area is 223 Å². The minimum Gasteiger partial charge on any atom is -0.489 e. The monoisotopic (exact) mass is 530 g/mol. The van der Waals surface area contributed by atoms with Crippen LogP contribution in [0, 0.1) is 12.8 Å². The first-order valence-electron chi connectivity index (χ1n) is 11.9. The lowest BCUT2D eigenvalue weighted by Gasteiger charge is -2.33. The maximum Gasteiger partial charge on any atom is 0.321 e. The third kappa shape index (κ3) is 5.14. The summed E-state index contributed by atoms with van der Waals surface area (Å²) < 4.78 is 5.98. The van der Waals surface area contributed by atoms with Crippen molar-refractivity contribution >= 4 is 41.0 Å². The number of anilines is 1. The summed E-state index contributed by atoms with van der Waals surface area (Å²) >= 11 is 6.42. The molecule has 1 fully saturated rings. The van der Waals surface area contributed by atoms with E-state index in [9.17, 15) is 19.2 Å². The molecular weight excluding hydrogens is 508 g/mol. The average molecular weight is 531 g/mol. The Morgan fingerprint density at radius 3 is 2.66 bits per heavy atom. The van der Waals surface area contributed by atoms with Gasteiger partial charge in [0.2, 0.25) is 11.8 Å². The first-order chi connectivity index (χ1) is 18.3. The third-order valence-corrected chi connectivity index (χ3v) is 6.54. The van der Waals surface area contributed by atoms with Crippen molar-refractivity contribution in [2.45, 2.75) is 19.4 Å². The van der Waals surface area contributed by atoms with E-state index in [0.717, 1.165) is 16.0 Å². The molecule has 192 valence electrons. The number of carbonyl (C=O) groups excluding carboxylic acids is 4. The first-order valence-corrected chi connectivity index (χ1v) is 12.3. The number of hydrogen-bond donors (Lipinski definition) is 2. The summed E-state index contributed by atoms with van der Waals surface area (Å²) in [5.41, 5.74) is 2.91. The topological polar surface area (TPSA) is 118 Å². The second kappa shape index (κ2) is 10.5. The Morgan fingerprint density at radius 2 is 1.92 bits per heavy atom. The van der Waals surface area contributed by atoms with E-state index in [4.69, 9.17) is 16.3 Å². The van der Waals surface area contributed by atoms with Gasteiger partial charge in [-0.1, -0.05) is 47.5 Å². The molecule has 0 spiro atoms. The Balaban J connectivity index is 1.53. The number of nitrogens with one attached hydrogen (secondary N) is 2. The second-order valence-electron chi connectivity index (χ2n) is 9.04. The summed E-state index contributed by atoms with van der Waals surface area (Å²) in [5, 5.41) is 5.06. The van der Waals surface area contributed by atoms with Crippen LogP contribution in [0.15, 0.2) is 78.6 Å². The molecule has 9 nitrogen and oxygen atoms in total. The predicted molar refractivity (Wildman–Crippen MR) is 140 cm³/mol. The van der Waals surface area contributed by atoms with E-state index >= 15 is 0 Å². The number of urea groups is 1. The molecule has 2 aliphatic rings. The van der Waals surface area contributed by atoms with Crippen LogP contribution in [0.25, 0.3) is 0 Å². The lowest BCUT2D eigenvalue weighted by Crippen LogP contribution is -2.55. The van der Waals surface area contributed by atoms with Crippen LogP contribution in [0.4, 0.5) is 10.5 Å². The van der Waals surface area contributed by atoms with Gasteiger partial charge in [-0.25, -0.2) is 9.69 Å².